The van der Waals surface area contributed by atoms with Crippen LogP contribution in [0.15, 0.2) is 66.9 Å². The quantitative estimate of drug-likeness (QED) is 0.350. The molecule has 0 saturated carbocycles. The van der Waals surface area contributed by atoms with Gasteiger partial charge in [-0.25, -0.2) is 0 Å². The maximum atomic E-state index is 12.1. The van der Waals surface area contributed by atoms with Crippen LogP contribution >= 0.6 is 0 Å². The van der Waals surface area contributed by atoms with Crippen molar-refractivity contribution in [2.24, 2.45) is 0 Å². The number of nitrogens with zero attached hydrogens (tertiary/aromatic N) is 2. The van der Waals surface area contributed by atoms with Crippen molar-refractivity contribution in [3.05, 3.63) is 83.9 Å². The summed E-state index contributed by atoms with van der Waals surface area (Å²) < 4.78 is 10.6. The fourth-order valence-electron chi connectivity index (χ4n) is 2.77. The Morgan fingerprint density at radius 3 is 2.47 bits per heavy atom. The van der Waals surface area contributed by atoms with Crippen LogP contribution in [0.1, 0.15) is 5.56 Å². The average molecular weight is 401 g/mol. The summed E-state index contributed by atoms with van der Waals surface area (Å²) in [7, 11) is 3.18. The Labute approximate surface area is 174 Å². The molecule has 1 amide bonds. The molecule has 0 unspecified atom stereocenters. The van der Waals surface area contributed by atoms with E-state index in [0.29, 0.717) is 22.7 Å². The van der Waals surface area contributed by atoms with E-state index in [2.05, 4.69) is 15.1 Å². The van der Waals surface area contributed by atoms with Crippen LogP contribution in [-0.4, -0.2) is 30.2 Å². The van der Waals surface area contributed by atoms with Crippen molar-refractivity contribution in [1.82, 2.24) is 4.98 Å². The third kappa shape index (κ3) is 4.75. The second kappa shape index (κ2) is 9.26. The fraction of sp³-hybridized carbons (Fsp3) is 0.0870. The molecule has 0 radical (unpaired) electrons. The molecule has 2 aromatic carbocycles. The highest BCUT2D eigenvalue weighted by Gasteiger charge is 2.09. The number of aliphatic hydroxyl groups is 1. The number of benzene rings is 2. The second-order valence-corrected chi connectivity index (χ2v) is 6.18. The lowest BCUT2D eigenvalue weighted by Gasteiger charge is -2.11. The van der Waals surface area contributed by atoms with E-state index in [-0.39, 0.29) is 11.6 Å². The summed E-state index contributed by atoms with van der Waals surface area (Å²) >= 11 is 0. The number of hydrogen-bond acceptors (Lipinski definition) is 5. The molecule has 0 fully saturated rings. The van der Waals surface area contributed by atoms with Gasteiger partial charge in [-0.3, -0.25) is 4.79 Å². The molecule has 150 valence electrons. The number of pyridine rings is 1. The predicted molar refractivity (Wildman–Crippen MR) is 115 cm³/mol. The Bertz CT molecular complexity index is 1110. The lowest BCUT2D eigenvalue weighted by Crippen LogP contribution is -2.09. The van der Waals surface area contributed by atoms with Crippen molar-refractivity contribution in [2.45, 2.75) is 0 Å². The molecule has 3 rings (SSSR count). The van der Waals surface area contributed by atoms with E-state index < -0.39 is 5.91 Å². The van der Waals surface area contributed by atoms with Gasteiger partial charge in [-0.2, -0.15) is 0 Å². The summed E-state index contributed by atoms with van der Waals surface area (Å²) in [5.41, 5.74) is 2.68. The van der Waals surface area contributed by atoms with E-state index >= 15 is 0 Å². The average Bonchev–Trinajstić information content (AvgIpc) is 2.79. The number of rotatable bonds is 6. The minimum absolute atomic E-state index is 0.175. The first-order valence-electron chi connectivity index (χ1n) is 8.92. The van der Waals surface area contributed by atoms with E-state index in [9.17, 15) is 9.90 Å². The van der Waals surface area contributed by atoms with Crippen molar-refractivity contribution in [3.63, 3.8) is 0 Å². The van der Waals surface area contributed by atoms with Gasteiger partial charge >= 0.3 is 0 Å². The molecule has 0 aliphatic heterocycles. The number of nitrogens with one attached hydrogen (secondary N) is 1. The van der Waals surface area contributed by atoms with Gasteiger partial charge in [0.05, 0.1) is 19.9 Å². The molecule has 0 aliphatic rings. The second-order valence-electron chi connectivity index (χ2n) is 6.18. The minimum Gasteiger partial charge on any atom is -0.507 e. The molecule has 1 aromatic heterocycles. The van der Waals surface area contributed by atoms with E-state index in [1.807, 2.05) is 24.3 Å². The fourth-order valence-corrected chi connectivity index (χ4v) is 2.77. The van der Waals surface area contributed by atoms with Crippen LogP contribution in [-0.2, 0) is 4.79 Å². The number of aliphatic hydroxyl groups excluding tert-OH is 1. The highest BCUT2D eigenvalue weighted by molar-refractivity contribution is 6.03. The van der Waals surface area contributed by atoms with E-state index in [1.54, 1.807) is 38.5 Å². The third-order valence-electron chi connectivity index (χ3n) is 4.30. The van der Waals surface area contributed by atoms with Gasteiger partial charge in [0, 0.05) is 23.3 Å². The predicted octanol–water partition coefficient (Wildman–Crippen LogP) is 4.85. The highest BCUT2D eigenvalue weighted by Crippen LogP contribution is 2.33. The Balaban J connectivity index is 1.75. The van der Waals surface area contributed by atoms with Crippen LogP contribution in [0.4, 0.5) is 11.5 Å². The molecular weight excluding hydrogens is 382 g/mol. The van der Waals surface area contributed by atoms with Crippen molar-refractivity contribution < 1.29 is 19.4 Å². The number of aromatic nitrogens is 1. The van der Waals surface area contributed by atoms with Crippen molar-refractivity contribution in [2.75, 3.05) is 19.5 Å². The lowest BCUT2D eigenvalue weighted by molar-refractivity contribution is -0.111. The summed E-state index contributed by atoms with van der Waals surface area (Å²) in [6.07, 6.45) is 2.47. The first-order chi connectivity index (χ1) is 14.5. The van der Waals surface area contributed by atoms with Gasteiger partial charge in [0.15, 0.2) is 0 Å². The molecule has 0 aliphatic carbocycles. The zero-order chi connectivity index (χ0) is 21.5. The van der Waals surface area contributed by atoms with Gasteiger partial charge in [0.1, 0.15) is 23.5 Å². The van der Waals surface area contributed by atoms with Crippen LogP contribution in [0.3, 0.4) is 0 Å². The van der Waals surface area contributed by atoms with Crippen LogP contribution in [0.2, 0.25) is 0 Å². The summed E-state index contributed by atoms with van der Waals surface area (Å²) in [5.74, 6) is 0.911. The number of hydrogen-bond donors (Lipinski definition) is 2. The standard InChI is InChI=1S/C23H19N3O4/c1-24-22-11-8-17(14-25-22)26-23(28)13-20(27)16-6-4-15(5-7-16)19-10-9-18(29-2)12-21(19)30-3/h4-14,27H,2-3H3,(H,26,28)/b20-13-. The summed E-state index contributed by atoms with van der Waals surface area (Å²) in [6, 6.07) is 15.7. The number of amides is 1. The molecule has 0 spiro atoms. The van der Waals surface area contributed by atoms with Crippen molar-refractivity contribution in [1.29, 1.82) is 0 Å². The zero-order valence-corrected chi connectivity index (χ0v) is 16.4. The molecule has 0 saturated heterocycles. The smallest absolute Gasteiger partial charge is 0.269 e. The van der Waals surface area contributed by atoms with Gasteiger partial charge in [0.25, 0.3) is 11.7 Å². The lowest BCUT2D eigenvalue weighted by atomic mass is 10.0. The van der Waals surface area contributed by atoms with Gasteiger partial charge in [0.2, 0.25) is 0 Å². The minimum atomic E-state index is -0.509. The van der Waals surface area contributed by atoms with Gasteiger partial charge in [-0.05, 0) is 29.8 Å². The molecule has 3 aromatic rings. The normalized spacial score (nSPS) is 10.8. The van der Waals surface area contributed by atoms with Gasteiger partial charge in [-0.1, -0.05) is 30.8 Å². The first-order valence-corrected chi connectivity index (χ1v) is 8.92. The Morgan fingerprint density at radius 1 is 1.10 bits per heavy atom. The maximum absolute atomic E-state index is 12.1. The zero-order valence-electron chi connectivity index (χ0n) is 16.4. The number of anilines is 1. The topological polar surface area (TPSA) is 85.0 Å². The maximum Gasteiger partial charge on any atom is 0.269 e. The largest absolute Gasteiger partial charge is 0.507 e. The summed E-state index contributed by atoms with van der Waals surface area (Å²) in [4.78, 5) is 19.2. The Hall–Kier alpha value is -4.31. The highest BCUT2D eigenvalue weighted by atomic mass is 16.5. The van der Waals surface area contributed by atoms with Crippen LogP contribution in [0.5, 0.6) is 11.5 Å². The van der Waals surface area contributed by atoms with Gasteiger partial charge < -0.3 is 24.7 Å². The molecule has 7 heteroatoms. The molecule has 7 nitrogen and oxygen atoms in total. The van der Waals surface area contributed by atoms with Crippen molar-refractivity contribution >= 4 is 23.2 Å². The van der Waals surface area contributed by atoms with E-state index in [4.69, 9.17) is 16.0 Å². The number of methoxy groups -OCH3 is 2. The van der Waals surface area contributed by atoms with Gasteiger partial charge in [-0.15, -0.1) is 4.98 Å². The molecular formula is C23H19N3O4. The molecule has 1 heterocycles. The molecule has 0 atom stereocenters. The summed E-state index contributed by atoms with van der Waals surface area (Å²) in [5, 5.41) is 12.9. The monoisotopic (exact) mass is 401 g/mol. The number of carbonyl (C=O) groups excluding carboxylic acids is 1. The van der Waals surface area contributed by atoms with Crippen LogP contribution < -0.4 is 14.8 Å². The van der Waals surface area contributed by atoms with Crippen LogP contribution in [0, 0.1) is 6.57 Å². The summed E-state index contributed by atoms with van der Waals surface area (Å²) in [6.45, 7) is 6.87. The number of ether oxygens (including phenoxy) is 2. The molecule has 2 N–H and O–H groups in total. The first kappa shape index (κ1) is 20.4. The van der Waals surface area contributed by atoms with E-state index in [1.165, 1.54) is 12.3 Å². The SMILES string of the molecule is [C-]#[N+]c1ccc(NC(=O)/C=C(\O)c2ccc(-c3ccc(OC)cc3OC)cc2)cn1. The molecule has 30 heavy (non-hydrogen) atoms. The van der Waals surface area contributed by atoms with Crippen LogP contribution in [0.25, 0.3) is 21.7 Å². The third-order valence-corrected chi connectivity index (χ3v) is 4.30. The Morgan fingerprint density at radius 2 is 1.87 bits per heavy atom. The van der Waals surface area contributed by atoms with Crippen molar-refractivity contribution in [3.8, 4) is 22.6 Å². The molecule has 0 bridgehead atoms. The number of carbonyl (C=O) groups is 1. The van der Waals surface area contributed by atoms with E-state index in [0.717, 1.165) is 17.2 Å². The Kier molecular flexibility index (Phi) is 6.30.